The number of benzene rings is 1. The van der Waals surface area contributed by atoms with Gasteiger partial charge in [-0.2, -0.15) is 0 Å². The summed E-state index contributed by atoms with van der Waals surface area (Å²) in [5.41, 5.74) is 1.28. The number of likely N-dealkylation sites (N-methyl/N-ethyl adjacent to an activating group) is 1. The molecule has 1 aromatic carbocycles. The quantitative estimate of drug-likeness (QED) is 0.774. The van der Waals surface area contributed by atoms with E-state index in [1.165, 1.54) is 5.56 Å². The highest BCUT2D eigenvalue weighted by Gasteiger charge is 2.05. The molecule has 1 N–H and O–H groups in total. The van der Waals surface area contributed by atoms with Gasteiger partial charge in [-0.05, 0) is 31.5 Å². The second kappa shape index (κ2) is 6.46. The molecule has 84 valence electrons. The molecule has 0 bridgehead atoms. The normalized spacial score (nSPS) is 12.5. The van der Waals surface area contributed by atoms with Crippen LogP contribution in [0.2, 0.25) is 0 Å². The fourth-order valence-electron chi connectivity index (χ4n) is 1.53. The lowest BCUT2D eigenvalue weighted by Crippen LogP contribution is -2.30. The highest BCUT2D eigenvalue weighted by molar-refractivity contribution is 5.33. The summed E-state index contributed by atoms with van der Waals surface area (Å²) in [5.74, 6) is 1.02. The van der Waals surface area contributed by atoms with Crippen molar-refractivity contribution in [2.24, 2.45) is 0 Å². The van der Waals surface area contributed by atoms with Crippen LogP contribution in [0.15, 0.2) is 24.3 Å². The molecule has 15 heavy (non-hydrogen) atoms. The SMILES string of the molecule is CCc1ccccc1OCC(CC)NC. The van der Waals surface area contributed by atoms with Gasteiger partial charge in [-0.15, -0.1) is 0 Å². The topological polar surface area (TPSA) is 21.3 Å². The molecule has 1 aromatic rings. The summed E-state index contributed by atoms with van der Waals surface area (Å²) in [7, 11) is 1.98. The maximum atomic E-state index is 5.81. The molecule has 1 rings (SSSR count). The number of ether oxygens (including phenoxy) is 1. The lowest BCUT2D eigenvalue weighted by Gasteiger charge is -2.16. The van der Waals surface area contributed by atoms with Crippen molar-refractivity contribution in [1.82, 2.24) is 5.32 Å². The van der Waals surface area contributed by atoms with Crippen molar-refractivity contribution in [1.29, 1.82) is 0 Å². The predicted molar refractivity (Wildman–Crippen MR) is 64.5 cm³/mol. The molecule has 0 aliphatic heterocycles. The zero-order chi connectivity index (χ0) is 11.1. The Labute approximate surface area is 92.6 Å². The molecule has 0 fully saturated rings. The average Bonchev–Trinajstić information content (AvgIpc) is 2.31. The Bertz CT molecular complexity index is 282. The minimum atomic E-state index is 0.440. The highest BCUT2D eigenvalue weighted by Crippen LogP contribution is 2.18. The summed E-state index contributed by atoms with van der Waals surface area (Å²) in [4.78, 5) is 0. The van der Waals surface area contributed by atoms with Gasteiger partial charge in [0.05, 0.1) is 0 Å². The summed E-state index contributed by atoms with van der Waals surface area (Å²) in [6.45, 7) is 5.05. The minimum Gasteiger partial charge on any atom is -0.492 e. The minimum absolute atomic E-state index is 0.440. The van der Waals surface area contributed by atoms with Gasteiger partial charge in [0.2, 0.25) is 0 Å². The van der Waals surface area contributed by atoms with Crippen molar-refractivity contribution < 1.29 is 4.74 Å². The van der Waals surface area contributed by atoms with E-state index in [0.29, 0.717) is 6.04 Å². The fraction of sp³-hybridized carbons (Fsp3) is 0.538. The van der Waals surface area contributed by atoms with E-state index in [2.05, 4.69) is 31.3 Å². The first-order valence-electron chi connectivity index (χ1n) is 5.69. The van der Waals surface area contributed by atoms with Gasteiger partial charge in [0.25, 0.3) is 0 Å². The lowest BCUT2D eigenvalue weighted by molar-refractivity contribution is 0.265. The van der Waals surface area contributed by atoms with Gasteiger partial charge in [-0.1, -0.05) is 32.0 Å². The van der Waals surface area contributed by atoms with E-state index in [4.69, 9.17) is 4.74 Å². The molecule has 2 heteroatoms. The Kier molecular flexibility index (Phi) is 5.19. The van der Waals surface area contributed by atoms with E-state index in [1.807, 2.05) is 19.2 Å². The van der Waals surface area contributed by atoms with Gasteiger partial charge in [0.1, 0.15) is 12.4 Å². The van der Waals surface area contributed by atoms with Crippen LogP contribution in [-0.2, 0) is 6.42 Å². The van der Waals surface area contributed by atoms with Crippen molar-refractivity contribution in [2.45, 2.75) is 32.7 Å². The molecular weight excluding hydrogens is 186 g/mol. The van der Waals surface area contributed by atoms with Crippen molar-refractivity contribution in [3.8, 4) is 5.75 Å². The summed E-state index contributed by atoms with van der Waals surface area (Å²) < 4.78 is 5.81. The molecule has 2 nitrogen and oxygen atoms in total. The first-order chi connectivity index (χ1) is 7.31. The van der Waals surface area contributed by atoms with E-state index in [0.717, 1.165) is 25.2 Å². The van der Waals surface area contributed by atoms with E-state index in [-0.39, 0.29) is 0 Å². The molecule has 0 aliphatic rings. The number of aryl methyl sites for hydroxylation is 1. The van der Waals surface area contributed by atoms with Crippen LogP contribution in [0, 0.1) is 0 Å². The van der Waals surface area contributed by atoms with Crippen LogP contribution in [0.4, 0.5) is 0 Å². The molecule has 0 aliphatic carbocycles. The summed E-state index contributed by atoms with van der Waals surface area (Å²) in [5, 5.41) is 3.23. The molecular formula is C13H21NO. The van der Waals surface area contributed by atoms with E-state index >= 15 is 0 Å². The molecule has 1 unspecified atom stereocenters. The lowest BCUT2D eigenvalue weighted by atomic mass is 10.1. The summed E-state index contributed by atoms with van der Waals surface area (Å²) >= 11 is 0. The molecule has 0 spiro atoms. The van der Waals surface area contributed by atoms with Crippen molar-refractivity contribution in [3.63, 3.8) is 0 Å². The second-order valence-electron chi connectivity index (χ2n) is 3.67. The molecule has 0 radical (unpaired) electrons. The standard InChI is InChI=1S/C13H21NO/c1-4-11-8-6-7-9-13(11)15-10-12(5-2)14-3/h6-9,12,14H,4-5,10H2,1-3H3. The third-order valence-electron chi connectivity index (χ3n) is 2.69. The number of rotatable bonds is 6. The number of nitrogens with one attached hydrogen (secondary N) is 1. The first kappa shape index (κ1) is 12.1. The van der Waals surface area contributed by atoms with E-state index < -0.39 is 0 Å². The van der Waals surface area contributed by atoms with Crippen LogP contribution in [0.5, 0.6) is 5.75 Å². The Morgan fingerprint density at radius 1 is 1.27 bits per heavy atom. The Morgan fingerprint density at radius 2 is 2.00 bits per heavy atom. The fourth-order valence-corrected chi connectivity index (χ4v) is 1.53. The smallest absolute Gasteiger partial charge is 0.122 e. The van der Waals surface area contributed by atoms with Crippen LogP contribution in [0.25, 0.3) is 0 Å². The zero-order valence-electron chi connectivity index (χ0n) is 9.92. The van der Waals surface area contributed by atoms with Gasteiger partial charge in [-0.3, -0.25) is 0 Å². The monoisotopic (exact) mass is 207 g/mol. The van der Waals surface area contributed by atoms with E-state index in [1.54, 1.807) is 0 Å². The van der Waals surface area contributed by atoms with Crippen LogP contribution >= 0.6 is 0 Å². The number of para-hydroxylation sites is 1. The van der Waals surface area contributed by atoms with E-state index in [9.17, 15) is 0 Å². The molecule has 0 amide bonds. The van der Waals surface area contributed by atoms with Gasteiger partial charge >= 0.3 is 0 Å². The van der Waals surface area contributed by atoms with Crippen LogP contribution < -0.4 is 10.1 Å². The summed E-state index contributed by atoms with van der Waals surface area (Å²) in [6.07, 6.45) is 2.11. The van der Waals surface area contributed by atoms with Crippen LogP contribution in [0.3, 0.4) is 0 Å². The first-order valence-corrected chi connectivity index (χ1v) is 5.69. The maximum absolute atomic E-state index is 5.81. The predicted octanol–water partition coefficient (Wildman–Crippen LogP) is 2.63. The highest BCUT2D eigenvalue weighted by atomic mass is 16.5. The largest absolute Gasteiger partial charge is 0.492 e. The molecule has 0 aromatic heterocycles. The Morgan fingerprint density at radius 3 is 2.60 bits per heavy atom. The van der Waals surface area contributed by atoms with Crippen molar-refractivity contribution in [3.05, 3.63) is 29.8 Å². The van der Waals surface area contributed by atoms with Gasteiger partial charge in [0.15, 0.2) is 0 Å². The summed E-state index contributed by atoms with van der Waals surface area (Å²) in [6, 6.07) is 8.68. The van der Waals surface area contributed by atoms with Gasteiger partial charge in [0, 0.05) is 6.04 Å². The van der Waals surface area contributed by atoms with Crippen LogP contribution in [0.1, 0.15) is 25.8 Å². The number of hydrogen-bond acceptors (Lipinski definition) is 2. The number of hydrogen-bond donors (Lipinski definition) is 1. The molecule has 0 saturated heterocycles. The molecule has 0 heterocycles. The Hall–Kier alpha value is -1.02. The molecule has 0 saturated carbocycles. The second-order valence-corrected chi connectivity index (χ2v) is 3.67. The maximum Gasteiger partial charge on any atom is 0.122 e. The zero-order valence-corrected chi connectivity index (χ0v) is 9.92. The Balaban J connectivity index is 2.56. The van der Waals surface area contributed by atoms with Crippen LogP contribution in [-0.4, -0.2) is 19.7 Å². The third kappa shape index (κ3) is 3.56. The third-order valence-corrected chi connectivity index (χ3v) is 2.69. The van der Waals surface area contributed by atoms with Crippen molar-refractivity contribution in [2.75, 3.05) is 13.7 Å². The average molecular weight is 207 g/mol. The van der Waals surface area contributed by atoms with Crippen molar-refractivity contribution >= 4 is 0 Å². The van der Waals surface area contributed by atoms with Gasteiger partial charge in [-0.25, -0.2) is 0 Å². The van der Waals surface area contributed by atoms with Gasteiger partial charge < -0.3 is 10.1 Å². The molecule has 1 atom stereocenters.